The van der Waals surface area contributed by atoms with Crippen molar-refractivity contribution in [1.29, 1.82) is 0 Å². The van der Waals surface area contributed by atoms with E-state index in [-0.39, 0.29) is 11.7 Å². The van der Waals surface area contributed by atoms with E-state index in [1.165, 1.54) is 30.1 Å². The normalized spacial score (nSPS) is 25.9. The van der Waals surface area contributed by atoms with Crippen LogP contribution in [0.5, 0.6) is 5.75 Å². The highest BCUT2D eigenvalue weighted by Gasteiger charge is 2.50. The molecule has 2 aliphatic heterocycles. The molecule has 0 aliphatic carbocycles. The largest absolute Gasteiger partial charge is 0.506 e. The molecule has 3 N–H and O–H groups in total. The number of benzene rings is 1. The minimum atomic E-state index is -1.26. The molecule has 5 rings (SSSR count). The molecule has 0 radical (unpaired) electrons. The average Bonchev–Trinajstić information content (AvgIpc) is 3.43. The van der Waals surface area contributed by atoms with Crippen molar-refractivity contribution in [2.24, 2.45) is 0 Å². The van der Waals surface area contributed by atoms with E-state index >= 15 is 0 Å². The molecular formula is C25H29FN6O6. The third-order valence-electron chi connectivity index (χ3n) is 6.97. The quantitative estimate of drug-likeness (QED) is 0.406. The number of pyridine rings is 1. The van der Waals surface area contributed by atoms with Crippen molar-refractivity contribution in [3.05, 3.63) is 54.6 Å². The molecule has 1 amide bonds. The van der Waals surface area contributed by atoms with Crippen molar-refractivity contribution in [3.8, 4) is 17.0 Å². The van der Waals surface area contributed by atoms with Crippen LogP contribution in [0.4, 0.5) is 10.2 Å². The second-order valence-corrected chi connectivity index (χ2v) is 9.24. The molecule has 2 saturated heterocycles. The smallest absolute Gasteiger partial charge is 0.254 e. The molecule has 0 bridgehead atoms. The molecule has 2 fully saturated rings. The second-order valence-electron chi connectivity index (χ2n) is 9.24. The van der Waals surface area contributed by atoms with Crippen LogP contribution in [-0.2, 0) is 14.3 Å². The number of amides is 1. The van der Waals surface area contributed by atoms with Gasteiger partial charge < -0.3 is 34.6 Å². The Kier molecular flexibility index (Phi) is 7.51. The van der Waals surface area contributed by atoms with Crippen molar-refractivity contribution >= 4 is 11.7 Å². The van der Waals surface area contributed by atoms with Gasteiger partial charge in [0.2, 0.25) is 0 Å². The van der Waals surface area contributed by atoms with Gasteiger partial charge in [0.1, 0.15) is 47.4 Å². The standard InChI is InChI=1S/C25H29FN6O6/c1-37-23-21(32-13-18(28-29-32)15-3-2-4-16(26)11-15)22(35)19(14-33)38-24(23)25(36)31-9-7-30(8-10-31)20-6-5-17(34)12-27-20/h2-6,11-13,19,21-24,33-35H,7-10,14H2,1H3/t19-,21+,22+,23-,24-/m1/s1. The van der Waals surface area contributed by atoms with E-state index in [2.05, 4.69) is 15.3 Å². The average molecular weight is 529 g/mol. The summed E-state index contributed by atoms with van der Waals surface area (Å²) in [4.78, 5) is 21.5. The van der Waals surface area contributed by atoms with Gasteiger partial charge in [-0.15, -0.1) is 5.10 Å². The van der Waals surface area contributed by atoms with Crippen molar-refractivity contribution < 1.29 is 34.0 Å². The number of aliphatic hydroxyl groups is 2. The first-order valence-electron chi connectivity index (χ1n) is 12.2. The van der Waals surface area contributed by atoms with Crippen LogP contribution in [-0.4, -0.2) is 110 Å². The Bertz CT molecular complexity index is 1250. The lowest BCUT2D eigenvalue weighted by molar-refractivity contribution is -0.217. The molecule has 202 valence electrons. The monoisotopic (exact) mass is 528 g/mol. The Morgan fingerprint density at radius 2 is 2.00 bits per heavy atom. The number of methoxy groups -OCH3 is 1. The first kappa shape index (κ1) is 26.0. The number of anilines is 1. The number of nitrogens with zero attached hydrogens (tertiary/aromatic N) is 6. The molecule has 1 aromatic carbocycles. The summed E-state index contributed by atoms with van der Waals surface area (Å²) in [5.41, 5.74) is 0.875. The molecule has 0 spiro atoms. The van der Waals surface area contributed by atoms with Gasteiger partial charge >= 0.3 is 0 Å². The number of aliphatic hydroxyl groups excluding tert-OH is 2. The van der Waals surface area contributed by atoms with Gasteiger partial charge in [-0.05, 0) is 24.3 Å². The summed E-state index contributed by atoms with van der Waals surface area (Å²) in [6.07, 6.45) is -1.47. The van der Waals surface area contributed by atoms with E-state index in [4.69, 9.17) is 9.47 Å². The maximum Gasteiger partial charge on any atom is 0.254 e. The lowest BCUT2D eigenvalue weighted by atomic mass is 9.91. The minimum absolute atomic E-state index is 0.0771. The Morgan fingerprint density at radius 1 is 1.21 bits per heavy atom. The SMILES string of the molecule is CO[C@@H]1[C@@H](n2cc(-c3cccc(F)c3)nn2)[C@@H](O)[C@@H](CO)O[C@H]1C(=O)N1CCN(c2ccc(O)cn2)CC1. The van der Waals surface area contributed by atoms with E-state index in [0.717, 1.165) is 0 Å². The number of aromatic hydroxyl groups is 1. The maximum atomic E-state index is 13.7. The molecule has 4 heterocycles. The van der Waals surface area contributed by atoms with Crippen LogP contribution in [0.3, 0.4) is 0 Å². The molecule has 38 heavy (non-hydrogen) atoms. The van der Waals surface area contributed by atoms with Gasteiger partial charge in [-0.25, -0.2) is 14.1 Å². The molecule has 0 saturated carbocycles. The zero-order valence-corrected chi connectivity index (χ0v) is 20.7. The van der Waals surface area contributed by atoms with Crippen LogP contribution in [0.15, 0.2) is 48.8 Å². The van der Waals surface area contributed by atoms with Crippen molar-refractivity contribution in [3.63, 3.8) is 0 Å². The van der Waals surface area contributed by atoms with Gasteiger partial charge in [0.05, 0.1) is 19.0 Å². The Hall–Kier alpha value is -3.65. The second kappa shape index (κ2) is 11.0. The molecule has 2 aliphatic rings. The van der Waals surface area contributed by atoms with Crippen molar-refractivity contribution in [2.45, 2.75) is 30.5 Å². The topological polar surface area (TPSA) is 146 Å². The fraction of sp³-hybridized carbons (Fsp3) is 0.440. The number of hydrogen-bond acceptors (Lipinski definition) is 10. The zero-order valence-electron chi connectivity index (χ0n) is 20.7. The first-order chi connectivity index (χ1) is 18.4. The summed E-state index contributed by atoms with van der Waals surface area (Å²) in [6, 6.07) is 8.24. The molecule has 5 atom stereocenters. The number of halogens is 1. The predicted molar refractivity (Wildman–Crippen MR) is 132 cm³/mol. The number of aromatic nitrogens is 4. The van der Waals surface area contributed by atoms with Crippen LogP contribution in [0.2, 0.25) is 0 Å². The molecule has 3 aromatic rings. The van der Waals surface area contributed by atoms with Crippen LogP contribution in [0.25, 0.3) is 11.3 Å². The number of carbonyl (C=O) groups excluding carboxylic acids is 1. The summed E-state index contributed by atoms with van der Waals surface area (Å²) in [7, 11) is 1.41. The summed E-state index contributed by atoms with van der Waals surface area (Å²) in [5.74, 6) is 0.0110. The lowest BCUT2D eigenvalue weighted by Crippen LogP contribution is -2.62. The fourth-order valence-electron chi connectivity index (χ4n) is 4.96. The van der Waals surface area contributed by atoms with Crippen molar-refractivity contribution in [2.75, 3.05) is 44.8 Å². The van der Waals surface area contributed by atoms with Gasteiger partial charge in [-0.3, -0.25) is 4.79 Å². The molecule has 12 nitrogen and oxygen atoms in total. The summed E-state index contributed by atoms with van der Waals surface area (Å²) >= 11 is 0. The summed E-state index contributed by atoms with van der Waals surface area (Å²) in [6.45, 7) is 1.29. The van der Waals surface area contributed by atoms with Gasteiger partial charge in [-0.2, -0.15) is 0 Å². The lowest BCUT2D eigenvalue weighted by Gasteiger charge is -2.45. The number of piperazine rings is 1. The van der Waals surface area contributed by atoms with Crippen molar-refractivity contribution in [1.82, 2.24) is 24.9 Å². The van der Waals surface area contributed by atoms with E-state index in [1.807, 2.05) is 4.90 Å². The number of rotatable bonds is 6. The maximum absolute atomic E-state index is 13.7. The third-order valence-corrected chi connectivity index (χ3v) is 6.97. The number of hydrogen-bond donors (Lipinski definition) is 3. The highest BCUT2D eigenvalue weighted by atomic mass is 19.1. The van der Waals surface area contributed by atoms with Gasteiger partial charge in [0, 0.05) is 38.9 Å². The van der Waals surface area contributed by atoms with Gasteiger partial charge in [0.25, 0.3) is 5.91 Å². The van der Waals surface area contributed by atoms with Gasteiger partial charge in [-0.1, -0.05) is 17.3 Å². The van der Waals surface area contributed by atoms with E-state index in [9.17, 15) is 24.5 Å². The number of ether oxygens (including phenoxy) is 2. The van der Waals surface area contributed by atoms with Gasteiger partial charge in [0.15, 0.2) is 6.10 Å². The minimum Gasteiger partial charge on any atom is -0.506 e. The van der Waals surface area contributed by atoms with E-state index in [0.29, 0.717) is 43.3 Å². The van der Waals surface area contributed by atoms with E-state index < -0.39 is 42.9 Å². The highest BCUT2D eigenvalue weighted by molar-refractivity contribution is 5.82. The molecule has 13 heteroatoms. The van der Waals surface area contributed by atoms with Crippen LogP contribution in [0, 0.1) is 5.82 Å². The van der Waals surface area contributed by atoms with Crippen LogP contribution >= 0.6 is 0 Å². The Labute approximate surface area is 217 Å². The first-order valence-corrected chi connectivity index (χ1v) is 12.2. The highest BCUT2D eigenvalue weighted by Crippen LogP contribution is 2.33. The summed E-state index contributed by atoms with van der Waals surface area (Å²) in [5, 5.41) is 38.7. The van der Waals surface area contributed by atoms with E-state index in [1.54, 1.807) is 35.4 Å². The number of carbonyl (C=O) groups is 1. The predicted octanol–water partition coefficient (Wildman–Crippen LogP) is 0.210. The van der Waals surface area contributed by atoms with Crippen LogP contribution in [0.1, 0.15) is 6.04 Å². The summed E-state index contributed by atoms with van der Waals surface area (Å²) < 4.78 is 26.6. The molecule has 2 aromatic heterocycles. The zero-order chi connectivity index (χ0) is 26.8. The molecular weight excluding hydrogens is 499 g/mol. The molecule has 0 unspecified atom stereocenters. The fourth-order valence-corrected chi connectivity index (χ4v) is 4.96. The third kappa shape index (κ3) is 5.05. The van der Waals surface area contributed by atoms with Crippen LogP contribution < -0.4 is 4.90 Å². The Morgan fingerprint density at radius 3 is 2.66 bits per heavy atom. The Balaban J connectivity index is 1.35.